The zero-order chi connectivity index (χ0) is 10.1. The van der Waals surface area contributed by atoms with Gasteiger partial charge in [0.25, 0.3) is 5.91 Å². The minimum atomic E-state index is -0.0516. The van der Waals surface area contributed by atoms with Crippen molar-refractivity contribution in [2.24, 2.45) is 0 Å². The second kappa shape index (κ2) is 3.42. The van der Waals surface area contributed by atoms with Crippen LogP contribution < -0.4 is 5.32 Å². The molecule has 2 aromatic heterocycles. The van der Waals surface area contributed by atoms with E-state index in [9.17, 15) is 4.79 Å². The standard InChI is InChI=1S/C9H11N3OS/c1-6(2)11-8(13)7-5-14-9-10-3-4-12(7)9/h3-6H,1-2H3,(H,11,13). The molecule has 0 aliphatic carbocycles. The van der Waals surface area contributed by atoms with E-state index in [1.807, 2.05) is 19.2 Å². The fourth-order valence-corrected chi connectivity index (χ4v) is 2.06. The van der Waals surface area contributed by atoms with Gasteiger partial charge < -0.3 is 5.32 Å². The molecular weight excluding hydrogens is 198 g/mol. The van der Waals surface area contributed by atoms with Crippen LogP contribution in [0.15, 0.2) is 17.8 Å². The average Bonchev–Trinajstić information content (AvgIpc) is 2.59. The normalized spacial score (nSPS) is 11.1. The summed E-state index contributed by atoms with van der Waals surface area (Å²) in [5.41, 5.74) is 0.649. The maximum atomic E-state index is 11.7. The minimum Gasteiger partial charge on any atom is -0.349 e. The predicted molar refractivity (Wildman–Crippen MR) is 55.7 cm³/mol. The number of nitrogens with zero attached hydrogens (tertiary/aromatic N) is 2. The Balaban J connectivity index is 2.34. The number of hydrogen-bond acceptors (Lipinski definition) is 3. The minimum absolute atomic E-state index is 0.0516. The average molecular weight is 209 g/mol. The highest BCUT2D eigenvalue weighted by Gasteiger charge is 2.12. The van der Waals surface area contributed by atoms with E-state index in [-0.39, 0.29) is 11.9 Å². The van der Waals surface area contributed by atoms with Crippen molar-refractivity contribution in [1.29, 1.82) is 0 Å². The number of carbonyl (C=O) groups excluding carboxylic acids is 1. The van der Waals surface area contributed by atoms with Crippen LogP contribution in [0.4, 0.5) is 0 Å². The lowest BCUT2D eigenvalue weighted by molar-refractivity contribution is 0.0937. The van der Waals surface area contributed by atoms with E-state index in [1.165, 1.54) is 11.3 Å². The molecule has 2 rings (SSSR count). The fraction of sp³-hybridized carbons (Fsp3) is 0.333. The summed E-state index contributed by atoms with van der Waals surface area (Å²) in [7, 11) is 0. The number of rotatable bonds is 2. The number of thiazole rings is 1. The predicted octanol–water partition coefficient (Wildman–Crippen LogP) is 1.53. The summed E-state index contributed by atoms with van der Waals surface area (Å²) < 4.78 is 1.79. The van der Waals surface area contributed by atoms with Crippen molar-refractivity contribution in [2.45, 2.75) is 19.9 Å². The molecule has 0 unspecified atom stereocenters. The molecule has 1 amide bonds. The summed E-state index contributed by atoms with van der Waals surface area (Å²) in [6.07, 6.45) is 3.49. The summed E-state index contributed by atoms with van der Waals surface area (Å²) in [6.45, 7) is 3.88. The number of nitrogens with one attached hydrogen (secondary N) is 1. The number of carbonyl (C=O) groups is 1. The maximum absolute atomic E-state index is 11.7. The summed E-state index contributed by atoms with van der Waals surface area (Å²) in [5, 5.41) is 4.67. The monoisotopic (exact) mass is 209 g/mol. The maximum Gasteiger partial charge on any atom is 0.269 e. The van der Waals surface area contributed by atoms with E-state index in [2.05, 4.69) is 10.3 Å². The smallest absolute Gasteiger partial charge is 0.269 e. The first-order chi connectivity index (χ1) is 6.68. The molecule has 0 aliphatic rings. The molecule has 0 aromatic carbocycles. The van der Waals surface area contributed by atoms with E-state index >= 15 is 0 Å². The van der Waals surface area contributed by atoms with Gasteiger partial charge in [0.15, 0.2) is 4.96 Å². The third-order valence-corrected chi connectivity index (χ3v) is 2.65. The summed E-state index contributed by atoms with van der Waals surface area (Å²) in [6, 6.07) is 0.154. The Hall–Kier alpha value is -1.36. The van der Waals surface area contributed by atoms with Crippen LogP contribution in [-0.2, 0) is 0 Å². The SMILES string of the molecule is CC(C)NC(=O)c1csc2nccn12. The van der Waals surface area contributed by atoms with E-state index < -0.39 is 0 Å². The molecule has 74 valence electrons. The number of fused-ring (bicyclic) bond motifs is 1. The molecule has 2 aromatic rings. The Morgan fingerprint density at radius 3 is 3.14 bits per heavy atom. The first-order valence-corrected chi connectivity index (χ1v) is 5.28. The van der Waals surface area contributed by atoms with Crippen molar-refractivity contribution in [2.75, 3.05) is 0 Å². The zero-order valence-electron chi connectivity index (χ0n) is 8.02. The molecule has 0 atom stereocenters. The molecule has 14 heavy (non-hydrogen) atoms. The summed E-state index contributed by atoms with van der Waals surface area (Å²) in [5.74, 6) is -0.0516. The molecule has 0 aliphatic heterocycles. The Morgan fingerprint density at radius 2 is 2.43 bits per heavy atom. The van der Waals surface area contributed by atoms with Gasteiger partial charge in [0.2, 0.25) is 0 Å². The van der Waals surface area contributed by atoms with Crippen molar-refractivity contribution < 1.29 is 4.79 Å². The van der Waals surface area contributed by atoms with Gasteiger partial charge in [-0.25, -0.2) is 4.98 Å². The van der Waals surface area contributed by atoms with Gasteiger partial charge >= 0.3 is 0 Å². The second-order valence-corrected chi connectivity index (χ2v) is 4.17. The molecule has 0 bridgehead atoms. The zero-order valence-corrected chi connectivity index (χ0v) is 8.84. The van der Waals surface area contributed by atoms with Crippen LogP contribution in [0.2, 0.25) is 0 Å². The largest absolute Gasteiger partial charge is 0.349 e. The van der Waals surface area contributed by atoms with Gasteiger partial charge in [0.1, 0.15) is 5.69 Å². The first-order valence-electron chi connectivity index (χ1n) is 4.40. The Kier molecular flexibility index (Phi) is 2.25. The lowest BCUT2D eigenvalue weighted by Gasteiger charge is -2.06. The number of aromatic nitrogens is 2. The van der Waals surface area contributed by atoms with Crippen molar-refractivity contribution in [3.8, 4) is 0 Å². The molecule has 0 radical (unpaired) electrons. The molecule has 0 saturated heterocycles. The van der Waals surface area contributed by atoms with Crippen molar-refractivity contribution in [1.82, 2.24) is 14.7 Å². The van der Waals surface area contributed by atoms with Crippen LogP contribution in [0.5, 0.6) is 0 Å². The van der Waals surface area contributed by atoms with Crippen LogP contribution >= 0.6 is 11.3 Å². The fourth-order valence-electron chi connectivity index (χ4n) is 1.22. The van der Waals surface area contributed by atoms with Crippen LogP contribution in [-0.4, -0.2) is 21.3 Å². The quantitative estimate of drug-likeness (QED) is 0.815. The van der Waals surface area contributed by atoms with Gasteiger partial charge in [-0.2, -0.15) is 0 Å². The van der Waals surface area contributed by atoms with Gasteiger partial charge in [0.05, 0.1) is 0 Å². The molecular formula is C9H11N3OS. The summed E-state index contributed by atoms with van der Waals surface area (Å²) in [4.78, 5) is 16.6. The van der Waals surface area contributed by atoms with E-state index in [0.717, 1.165) is 4.96 Å². The molecule has 0 saturated carbocycles. The highest BCUT2D eigenvalue weighted by molar-refractivity contribution is 7.15. The molecule has 1 N–H and O–H groups in total. The van der Waals surface area contributed by atoms with E-state index in [4.69, 9.17) is 0 Å². The lowest BCUT2D eigenvalue weighted by Crippen LogP contribution is -2.30. The van der Waals surface area contributed by atoms with Crippen LogP contribution in [0.3, 0.4) is 0 Å². The van der Waals surface area contributed by atoms with Gasteiger partial charge in [-0.15, -0.1) is 11.3 Å². The molecule has 4 nitrogen and oxygen atoms in total. The Morgan fingerprint density at radius 1 is 1.64 bits per heavy atom. The number of hydrogen-bond donors (Lipinski definition) is 1. The lowest BCUT2D eigenvalue weighted by atomic mass is 10.3. The topological polar surface area (TPSA) is 46.4 Å². The highest BCUT2D eigenvalue weighted by Crippen LogP contribution is 2.14. The number of imidazole rings is 1. The second-order valence-electron chi connectivity index (χ2n) is 3.33. The Bertz CT molecular complexity index is 457. The van der Waals surface area contributed by atoms with Gasteiger partial charge in [-0.1, -0.05) is 0 Å². The molecule has 0 fully saturated rings. The number of amides is 1. The summed E-state index contributed by atoms with van der Waals surface area (Å²) >= 11 is 1.47. The van der Waals surface area contributed by atoms with Crippen LogP contribution in [0, 0.1) is 0 Å². The molecule has 0 spiro atoms. The highest BCUT2D eigenvalue weighted by atomic mass is 32.1. The van der Waals surface area contributed by atoms with E-state index in [1.54, 1.807) is 16.8 Å². The molecule has 2 heterocycles. The van der Waals surface area contributed by atoms with Crippen molar-refractivity contribution in [3.05, 3.63) is 23.5 Å². The van der Waals surface area contributed by atoms with Gasteiger partial charge in [-0.3, -0.25) is 9.20 Å². The van der Waals surface area contributed by atoms with Crippen molar-refractivity contribution >= 4 is 22.2 Å². The van der Waals surface area contributed by atoms with Crippen LogP contribution in [0.25, 0.3) is 4.96 Å². The first kappa shape index (κ1) is 9.21. The van der Waals surface area contributed by atoms with Crippen molar-refractivity contribution in [3.63, 3.8) is 0 Å². The van der Waals surface area contributed by atoms with E-state index in [0.29, 0.717) is 5.69 Å². The Labute approximate surface area is 85.6 Å². The van der Waals surface area contributed by atoms with Crippen LogP contribution in [0.1, 0.15) is 24.3 Å². The third kappa shape index (κ3) is 1.50. The van der Waals surface area contributed by atoms with Gasteiger partial charge in [0, 0.05) is 23.8 Å². The molecule has 5 heteroatoms. The third-order valence-electron chi connectivity index (χ3n) is 1.79. The van der Waals surface area contributed by atoms with Gasteiger partial charge in [-0.05, 0) is 13.8 Å².